The van der Waals surface area contributed by atoms with E-state index in [0.29, 0.717) is 111 Å². The van der Waals surface area contributed by atoms with Gasteiger partial charge in [0.2, 0.25) is 17.3 Å². The van der Waals surface area contributed by atoms with Gasteiger partial charge in [-0.3, -0.25) is 24.0 Å². The van der Waals surface area contributed by atoms with Gasteiger partial charge in [0, 0.05) is 62.1 Å². The normalized spacial score (nSPS) is 22.0. The Morgan fingerprint density at radius 3 is 1.27 bits per heavy atom. The quantitative estimate of drug-likeness (QED) is 0.0233. The van der Waals surface area contributed by atoms with E-state index in [1.165, 1.54) is 94.7 Å². The molecule has 0 aromatic carbocycles. The number of aliphatic hydroxyl groups is 2. The average molecular weight is 1250 g/mol. The molecule has 5 N–H and O–H groups in total. The van der Waals surface area contributed by atoms with Gasteiger partial charge in [-0.1, -0.05) is 60.8 Å². The molecule has 0 bridgehead atoms. The number of rotatable bonds is 18. The largest absolute Gasteiger partial charge is 2.00 e. The molecule has 458 valence electrons. The van der Waals surface area contributed by atoms with Crippen LogP contribution in [0.5, 0.6) is 0 Å². The maximum Gasteiger partial charge on any atom is 2.00 e. The van der Waals surface area contributed by atoms with Crippen molar-refractivity contribution in [2.45, 2.75) is 157 Å². The molecule has 1 aliphatic heterocycles. The predicted molar refractivity (Wildman–Crippen MR) is 322 cm³/mol. The van der Waals surface area contributed by atoms with Crippen LogP contribution in [-0.4, -0.2) is 131 Å². The molecule has 0 amide bonds. The number of aliphatic hydroxyl groups excluding tert-OH is 2. The Labute approximate surface area is 527 Å². The van der Waals surface area contributed by atoms with Crippen LogP contribution in [0, 0.1) is 42.9 Å². The Balaban J connectivity index is 0.000000307. The summed E-state index contributed by atoms with van der Waals surface area (Å²) in [6, 6.07) is 5.36. The minimum atomic E-state index is -0.680. The van der Waals surface area contributed by atoms with Crippen LogP contribution < -0.4 is 32.9 Å². The Morgan fingerprint density at radius 1 is 0.612 bits per heavy atom. The zero-order valence-electron chi connectivity index (χ0n) is 51.0. The fourth-order valence-corrected chi connectivity index (χ4v) is 11.2. The summed E-state index contributed by atoms with van der Waals surface area (Å²) in [6.45, 7) is 20.5. The van der Waals surface area contributed by atoms with Crippen molar-refractivity contribution in [3.05, 3.63) is 133 Å². The van der Waals surface area contributed by atoms with Crippen molar-refractivity contribution in [3.63, 3.8) is 0 Å². The van der Waals surface area contributed by atoms with Gasteiger partial charge in [-0.25, -0.2) is 29.9 Å². The number of ether oxygens (including phenoxy) is 1. The second kappa shape index (κ2) is 36.8. The number of nitrogens with zero attached hydrogens (tertiary/aromatic N) is 6. The fourth-order valence-electron chi connectivity index (χ4n) is 11.2. The van der Waals surface area contributed by atoms with E-state index in [-0.39, 0.29) is 94.5 Å². The number of carbonyl (C=O) groups is 5. The minimum Gasteiger partial charge on any atom is -1.00 e. The smallest absolute Gasteiger partial charge is 1.00 e. The van der Waals surface area contributed by atoms with Crippen molar-refractivity contribution in [1.29, 1.82) is 0 Å². The van der Waals surface area contributed by atoms with Gasteiger partial charge in [0.25, 0.3) is 0 Å². The number of hydrogen-bond donors (Lipinski definition) is 5. The molecule has 7 heterocycles. The third-order valence-electron chi connectivity index (χ3n) is 16.0. The number of ketones is 4. The van der Waals surface area contributed by atoms with E-state index in [0.717, 1.165) is 64.6 Å². The topological polar surface area (TPSA) is 288 Å². The molecular formula is C63H86BrMgN9O11. The molecule has 6 aromatic heterocycles. The summed E-state index contributed by atoms with van der Waals surface area (Å²) < 4.78 is 20.7. The first-order valence-electron chi connectivity index (χ1n) is 28.9. The molecule has 0 spiro atoms. The summed E-state index contributed by atoms with van der Waals surface area (Å²) in [5.74, 6) is 5.01. The third-order valence-corrected chi connectivity index (χ3v) is 16.0. The first-order chi connectivity index (χ1) is 39.5. The molecule has 1 saturated heterocycles. The number of furan rings is 3. The second-order valence-corrected chi connectivity index (χ2v) is 21.9. The van der Waals surface area contributed by atoms with E-state index in [9.17, 15) is 29.1 Å². The van der Waals surface area contributed by atoms with E-state index in [4.69, 9.17) is 23.1 Å². The van der Waals surface area contributed by atoms with E-state index >= 15 is 0 Å². The van der Waals surface area contributed by atoms with Crippen molar-refractivity contribution in [2.75, 3.05) is 35.8 Å². The molecular weight excluding hydrogens is 1160 g/mol. The van der Waals surface area contributed by atoms with Crippen LogP contribution in [0.3, 0.4) is 0 Å². The fraction of sp³-hybridized carbons (Fsp3) is 0.524. The van der Waals surface area contributed by atoms with Gasteiger partial charge in [-0.15, -0.1) is 0 Å². The van der Waals surface area contributed by atoms with Crippen molar-refractivity contribution in [2.24, 2.45) is 35.5 Å². The van der Waals surface area contributed by atoms with Gasteiger partial charge in [0.05, 0.1) is 40.2 Å². The number of carbonyl (C=O) groups excluding carboxylic acids is 5. The van der Waals surface area contributed by atoms with E-state index in [1.807, 2.05) is 0 Å². The maximum atomic E-state index is 12.8. The number of halogens is 1. The Kier molecular flexibility index (Phi) is 31.7. The van der Waals surface area contributed by atoms with Crippen LogP contribution >= 0.6 is 0 Å². The van der Waals surface area contributed by atoms with Crippen LogP contribution in [0.1, 0.15) is 214 Å². The zero-order chi connectivity index (χ0) is 59.3. The second-order valence-electron chi connectivity index (χ2n) is 21.9. The standard InChI is InChI=1S/C19H25N3O3.C19H23N3O3.C18H21N3O3.C4H8O.C2H6O.CH3.BrH.Mg/c2*1-4-13-6-15(5-11(13)2)22-19-16(8-20-10-21-19)18(24)17-7-14(9-25-17)12(3)23;1-3-13-6-14(4-11(13)2)21-18-15(7-19-10-20-18)17(23)16-5-12(8-22)9-24-16;1-2-4-5-3-1;1-2-3;;;/h7-13,15,23H,4-6H2,1-3H3,(H,20,21,22);7-11,13,15H,4-6H2,1-3H3,(H,20,21,22);5,7-11,13-14H,3-4,6H2,1-2H3,(H,19,20,21);1-4H2;3H,2H2,1H3;1H3;1H;/q;;;;;-1;;+2/p-1/t11-,12?,13-,15-;11-,13-,15-;11-,13-,14-;;;;;/m000...../s1. The van der Waals surface area contributed by atoms with E-state index < -0.39 is 6.10 Å². The molecule has 0 radical (unpaired) electrons. The maximum absolute atomic E-state index is 12.8. The number of Topliss-reactive ketones (excluding diaryl/α,β-unsaturated/α-hetero) is 1. The minimum absolute atomic E-state index is 0. The number of aldehydes is 1. The van der Waals surface area contributed by atoms with Crippen LogP contribution in [0.2, 0.25) is 0 Å². The van der Waals surface area contributed by atoms with Crippen molar-refractivity contribution in [3.8, 4) is 0 Å². The average Bonchev–Trinajstić information content (AvgIpc) is 3.84. The van der Waals surface area contributed by atoms with E-state index in [2.05, 4.69) is 87.4 Å². The van der Waals surface area contributed by atoms with Gasteiger partial charge >= 0.3 is 23.1 Å². The molecule has 10 rings (SSSR count). The van der Waals surface area contributed by atoms with Crippen LogP contribution in [0.4, 0.5) is 17.5 Å². The molecule has 10 atom stereocenters. The van der Waals surface area contributed by atoms with Gasteiger partial charge in [0.1, 0.15) is 49.0 Å². The number of anilines is 3. The monoisotopic (exact) mass is 1250 g/mol. The summed E-state index contributed by atoms with van der Waals surface area (Å²) >= 11 is 0. The Bertz CT molecular complexity index is 2990. The summed E-state index contributed by atoms with van der Waals surface area (Å²) in [4.78, 5) is 85.0. The van der Waals surface area contributed by atoms with Crippen molar-refractivity contribution in [1.82, 2.24) is 29.9 Å². The Hall–Kier alpha value is -6.04. The zero-order valence-corrected chi connectivity index (χ0v) is 54.0. The summed E-state index contributed by atoms with van der Waals surface area (Å²) in [7, 11) is 0. The first-order valence-corrected chi connectivity index (χ1v) is 28.9. The summed E-state index contributed by atoms with van der Waals surface area (Å²) in [5.41, 5.74) is 2.40. The number of nitrogens with one attached hydrogen (secondary N) is 3. The predicted octanol–water partition coefficient (Wildman–Crippen LogP) is 8.55. The van der Waals surface area contributed by atoms with Gasteiger partial charge in [-0.2, -0.15) is 0 Å². The molecule has 6 aromatic rings. The molecule has 4 aliphatic rings. The Morgan fingerprint density at radius 2 is 0.976 bits per heavy atom. The van der Waals surface area contributed by atoms with Gasteiger partial charge in [-0.05, 0) is 126 Å². The van der Waals surface area contributed by atoms with Gasteiger partial charge in [0.15, 0.2) is 29.4 Å². The first kappa shape index (κ1) is 73.2. The molecule has 85 heavy (non-hydrogen) atoms. The number of aromatic nitrogens is 6. The molecule has 20 nitrogen and oxygen atoms in total. The van der Waals surface area contributed by atoms with Crippen LogP contribution in [0.25, 0.3) is 0 Å². The third kappa shape index (κ3) is 20.8. The SMILES string of the molecule is C1CCOC1.CCO.CC[C@H]1C[C@@H](Nc2ncncc2C(=O)c2cc(C(C)=O)co2)C[C@@H]1C.CC[C@H]1C[C@@H](Nc2ncncc2C(=O)c2cc(C(C)O)co2)C[C@@H]1C.CC[C@H]1C[C@@H](Nc2ncncc2C(=O)c2cc(C=O)co2)C[C@@H]1C.[Br-].[CH3-].[Mg+2]. The summed E-state index contributed by atoms with van der Waals surface area (Å²) in [6.07, 6.45) is 25.2. The van der Waals surface area contributed by atoms with Gasteiger partial charge < -0.3 is 68.6 Å². The van der Waals surface area contributed by atoms with Crippen LogP contribution in [-0.2, 0) is 4.74 Å². The van der Waals surface area contributed by atoms with Crippen molar-refractivity contribution < 1.29 is 69.2 Å². The molecule has 3 aliphatic carbocycles. The summed E-state index contributed by atoms with van der Waals surface area (Å²) in [5, 5.41) is 27.4. The molecule has 4 fully saturated rings. The molecule has 22 heteroatoms. The van der Waals surface area contributed by atoms with Crippen molar-refractivity contribution >= 4 is 69.9 Å². The number of hydrogen-bond acceptors (Lipinski definition) is 20. The van der Waals surface area contributed by atoms with Crippen LogP contribution in [0.15, 0.2) is 87.8 Å². The molecule has 1 unspecified atom stereocenters. The van der Waals surface area contributed by atoms with E-state index in [1.54, 1.807) is 19.9 Å². The molecule has 3 saturated carbocycles.